The van der Waals surface area contributed by atoms with Crippen molar-refractivity contribution in [2.75, 3.05) is 47.9 Å². The molecule has 0 bridgehead atoms. The van der Waals surface area contributed by atoms with Crippen LogP contribution in [0.1, 0.15) is 19.8 Å². The zero-order valence-corrected chi connectivity index (χ0v) is 13.7. The van der Waals surface area contributed by atoms with Gasteiger partial charge in [0, 0.05) is 12.1 Å². The molecule has 0 radical (unpaired) electrons. The first-order valence-corrected chi connectivity index (χ1v) is 7.29. The molecule has 122 valence electrons. The SMILES string of the molecule is COC(=O)N[C@H](C)C(=O)NCC1(N(C)C)CCN(C)CC1. The highest BCUT2D eigenvalue weighted by Crippen LogP contribution is 2.25. The zero-order valence-electron chi connectivity index (χ0n) is 13.7. The number of amides is 2. The van der Waals surface area contributed by atoms with Crippen molar-refractivity contribution in [2.24, 2.45) is 0 Å². The average molecular weight is 300 g/mol. The molecule has 0 saturated carbocycles. The first-order valence-electron chi connectivity index (χ1n) is 7.29. The summed E-state index contributed by atoms with van der Waals surface area (Å²) in [6.45, 7) is 4.26. The summed E-state index contributed by atoms with van der Waals surface area (Å²) >= 11 is 0. The molecule has 2 N–H and O–H groups in total. The van der Waals surface area contributed by atoms with Crippen LogP contribution >= 0.6 is 0 Å². The van der Waals surface area contributed by atoms with Gasteiger partial charge >= 0.3 is 6.09 Å². The largest absolute Gasteiger partial charge is 0.453 e. The number of nitrogens with zero attached hydrogens (tertiary/aromatic N) is 2. The van der Waals surface area contributed by atoms with Gasteiger partial charge in [-0.2, -0.15) is 0 Å². The number of rotatable bonds is 5. The second-order valence-electron chi connectivity index (χ2n) is 6.00. The fraction of sp³-hybridized carbons (Fsp3) is 0.857. The highest BCUT2D eigenvalue weighted by atomic mass is 16.5. The molecule has 0 spiro atoms. The number of nitrogens with one attached hydrogen (secondary N) is 2. The van der Waals surface area contributed by atoms with Crippen molar-refractivity contribution in [3.8, 4) is 0 Å². The lowest BCUT2D eigenvalue weighted by molar-refractivity contribution is -0.123. The van der Waals surface area contributed by atoms with Gasteiger partial charge in [0.15, 0.2) is 0 Å². The lowest BCUT2D eigenvalue weighted by Crippen LogP contribution is -2.59. The highest BCUT2D eigenvalue weighted by molar-refractivity contribution is 5.85. The van der Waals surface area contributed by atoms with Crippen LogP contribution in [0.2, 0.25) is 0 Å². The van der Waals surface area contributed by atoms with Crippen molar-refractivity contribution in [1.29, 1.82) is 0 Å². The number of methoxy groups -OCH3 is 1. The summed E-state index contributed by atoms with van der Waals surface area (Å²) in [7, 11) is 7.49. The summed E-state index contributed by atoms with van der Waals surface area (Å²) in [5.41, 5.74) is -0.0207. The molecule has 1 rings (SSSR count). The summed E-state index contributed by atoms with van der Waals surface area (Å²) in [6, 6.07) is -0.608. The van der Waals surface area contributed by atoms with Gasteiger partial charge in [-0.15, -0.1) is 0 Å². The minimum atomic E-state index is -0.608. The quantitative estimate of drug-likeness (QED) is 0.740. The normalized spacial score (nSPS) is 19.9. The summed E-state index contributed by atoms with van der Waals surface area (Å²) in [6.07, 6.45) is 1.42. The van der Waals surface area contributed by atoms with E-state index in [0.29, 0.717) is 6.54 Å². The maximum Gasteiger partial charge on any atom is 0.407 e. The zero-order chi connectivity index (χ0) is 16.0. The van der Waals surface area contributed by atoms with Crippen molar-refractivity contribution in [3.05, 3.63) is 0 Å². The van der Waals surface area contributed by atoms with Crippen molar-refractivity contribution in [3.63, 3.8) is 0 Å². The first kappa shape index (κ1) is 17.7. The van der Waals surface area contributed by atoms with Crippen LogP contribution in [0.3, 0.4) is 0 Å². The number of likely N-dealkylation sites (tertiary alicyclic amines) is 1. The van der Waals surface area contributed by atoms with E-state index in [1.54, 1.807) is 6.92 Å². The van der Waals surface area contributed by atoms with Gasteiger partial charge in [0.2, 0.25) is 5.91 Å². The van der Waals surface area contributed by atoms with E-state index in [1.807, 2.05) is 14.1 Å². The fourth-order valence-corrected chi connectivity index (χ4v) is 2.52. The van der Waals surface area contributed by atoms with Crippen molar-refractivity contribution in [1.82, 2.24) is 20.4 Å². The van der Waals surface area contributed by atoms with Gasteiger partial charge in [-0.05, 0) is 54.0 Å². The third-order valence-corrected chi connectivity index (χ3v) is 4.37. The number of ether oxygens (including phenoxy) is 1. The van der Waals surface area contributed by atoms with Gasteiger partial charge in [-0.3, -0.25) is 4.79 Å². The van der Waals surface area contributed by atoms with Gasteiger partial charge in [0.05, 0.1) is 7.11 Å². The van der Waals surface area contributed by atoms with Crippen LogP contribution in [-0.2, 0) is 9.53 Å². The monoisotopic (exact) mass is 300 g/mol. The Hall–Kier alpha value is -1.34. The van der Waals surface area contributed by atoms with Gasteiger partial charge < -0.3 is 25.2 Å². The van der Waals surface area contributed by atoms with Gasteiger partial charge in [0.1, 0.15) is 6.04 Å². The van der Waals surface area contributed by atoms with E-state index in [0.717, 1.165) is 25.9 Å². The van der Waals surface area contributed by atoms with Crippen molar-refractivity contribution in [2.45, 2.75) is 31.3 Å². The molecule has 0 aromatic heterocycles. The molecule has 1 fully saturated rings. The van der Waals surface area contributed by atoms with E-state index in [-0.39, 0.29) is 11.4 Å². The maximum absolute atomic E-state index is 12.1. The molecule has 0 unspecified atom stereocenters. The van der Waals surface area contributed by atoms with E-state index in [9.17, 15) is 9.59 Å². The van der Waals surface area contributed by atoms with E-state index in [4.69, 9.17) is 0 Å². The van der Waals surface area contributed by atoms with Crippen LogP contribution in [0.25, 0.3) is 0 Å². The van der Waals surface area contributed by atoms with E-state index in [2.05, 4.69) is 32.2 Å². The Bertz CT molecular complexity index is 365. The Kier molecular flexibility index (Phi) is 6.42. The molecule has 1 saturated heterocycles. The van der Waals surface area contributed by atoms with Gasteiger partial charge in [0.25, 0.3) is 0 Å². The Morgan fingerprint density at radius 3 is 2.38 bits per heavy atom. The van der Waals surface area contributed by atoms with Crippen LogP contribution in [0.4, 0.5) is 4.79 Å². The maximum atomic E-state index is 12.1. The minimum Gasteiger partial charge on any atom is -0.453 e. The number of hydrogen-bond donors (Lipinski definition) is 2. The van der Waals surface area contributed by atoms with E-state index < -0.39 is 12.1 Å². The number of hydrogen-bond acceptors (Lipinski definition) is 5. The van der Waals surface area contributed by atoms with Crippen LogP contribution in [0, 0.1) is 0 Å². The highest BCUT2D eigenvalue weighted by Gasteiger charge is 2.36. The summed E-state index contributed by atoms with van der Waals surface area (Å²) < 4.78 is 4.49. The number of carbonyl (C=O) groups is 2. The standard InChI is InChI=1S/C14H28N4O3/c1-11(16-13(20)21-5)12(19)15-10-14(17(2)3)6-8-18(4)9-7-14/h11H,6-10H2,1-5H3,(H,15,19)(H,16,20)/t11-/m1/s1. The Morgan fingerprint density at radius 2 is 1.90 bits per heavy atom. The fourth-order valence-electron chi connectivity index (χ4n) is 2.52. The number of likely N-dealkylation sites (N-methyl/N-ethyl adjacent to an activating group) is 1. The molecule has 1 atom stereocenters. The average Bonchev–Trinajstić information content (AvgIpc) is 2.46. The third kappa shape index (κ3) is 4.86. The Labute approximate surface area is 127 Å². The Balaban J connectivity index is 2.54. The molecule has 21 heavy (non-hydrogen) atoms. The Morgan fingerprint density at radius 1 is 1.33 bits per heavy atom. The second-order valence-corrected chi connectivity index (χ2v) is 6.00. The molecule has 0 aromatic carbocycles. The lowest BCUT2D eigenvalue weighted by Gasteiger charge is -2.45. The summed E-state index contributed by atoms with van der Waals surface area (Å²) in [5, 5.41) is 5.42. The molecule has 1 aliphatic rings. The van der Waals surface area contributed by atoms with Crippen LogP contribution < -0.4 is 10.6 Å². The molecule has 0 aliphatic carbocycles. The molecule has 7 nitrogen and oxygen atoms in total. The number of alkyl carbamates (subject to hydrolysis) is 1. The van der Waals surface area contributed by atoms with E-state index in [1.165, 1.54) is 7.11 Å². The molecular weight excluding hydrogens is 272 g/mol. The summed E-state index contributed by atoms with van der Waals surface area (Å²) in [5.74, 6) is -0.194. The van der Waals surface area contributed by atoms with Crippen molar-refractivity contribution < 1.29 is 14.3 Å². The first-order chi connectivity index (χ1) is 9.80. The summed E-state index contributed by atoms with van der Waals surface area (Å²) in [4.78, 5) is 27.7. The van der Waals surface area contributed by atoms with Gasteiger partial charge in [-0.1, -0.05) is 0 Å². The van der Waals surface area contributed by atoms with Crippen LogP contribution in [0.5, 0.6) is 0 Å². The molecule has 1 heterocycles. The smallest absolute Gasteiger partial charge is 0.407 e. The van der Waals surface area contributed by atoms with Gasteiger partial charge in [-0.25, -0.2) is 4.79 Å². The van der Waals surface area contributed by atoms with Crippen LogP contribution in [-0.4, -0.2) is 81.3 Å². The molecule has 0 aromatic rings. The molecule has 7 heteroatoms. The molecule has 2 amide bonds. The predicted molar refractivity (Wildman–Crippen MR) is 81.2 cm³/mol. The lowest BCUT2D eigenvalue weighted by atomic mass is 9.86. The number of piperidine rings is 1. The topological polar surface area (TPSA) is 73.9 Å². The van der Waals surface area contributed by atoms with Crippen LogP contribution in [0.15, 0.2) is 0 Å². The predicted octanol–water partition coefficient (Wildman–Crippen LogP) is -0.127. The molecule has 1 aliphatic heterocycles. The number of carbonyl (C=O) groups excluding carboxylic acids is 2. The second kappa shape index (κ2) is 7.61. The van der Waals surface area contributed by atoms with E-state index >= 15 is 0 Å². The minimum absolute atomic E-state index is 0.0207. The van der Waals surface area contributed by atoms with Crippen molar-refractivity contribution >= 4 is 12.0 Å². The third-order valence-electron chi connectivity index (χ3n) is 4.37. The molecular formula is C14H28N4O3.